The van der Waals surface area contributed by atoms with Crippen LogP contribution in [0.5, 0.6) is 0 Å². The van der Waals surface area contributed by atoms with Crippen molar-refractivity contribution in [3.63, 3.8) is 0 Å². The smallest absolute Gasteiger partial charge is 0.178 e. The molecule has 2 N–H and O–H groups in total. The van der Waals surface area contributed by atoms with Crippen LogP contribution in [-0.4, -0.2) is 16.5 Å². The molecular formula is C6H8O2. The van der Waals surface area contributed by atoms with Gasteiger partial charge in [0.1, 0.15) is 0 Å². The number of aliphatic hydroxyl groups excluding tert-OH is 1. The van der Waals surface area contributed by atoms with Crippen molar-refractivity contribution < 1.29 is 10.2 Å². The average molecular weight is 112 g/mol. The van der Waals surface area contributed by atoms with E-state index in [2.05, 4.69) is 0 Å². The van der Waals surface area contributed by atoms with E-state index in [-0.39, 0.29) is 0 Å². The first-order valence-electron chi connectivity index (χ1n) is 2.53. The summed E-state index contributed by atoms with van der Waals surface area (Å²) in [5, 5.41) is 17.0. The second-order valence-corrected chi connectivity index (χ2v) is 1.72. The minimum atomic E-state index is -1.28. The number of allylic oxidation sites excluding steroid dienone is 2. The fraction of sp³-hybridized carbons (Fsp3) is 0.333. The van der Waals surface area contributed by atoms with Gasteiger partial charge in [-0.15, -0.1) is 0 Å². The second-order valence-electron chi connectivity index (χ2n) is 1.72. The molecule has 0 aromatic carbocycles. The lowest BCUT2D eigenvalue weighted by Gasteiger charge is -1.98. The van der Waals surface area contributed by atoms with E-state index in [0.717, 1.165) is 6.42 Å². The summed E-state index contributed by atoms with van der Waals surface area (Å²) in [5.74, 6) is 0. The topological polar surface area (TPSA) is 40.5 Å². The lowest BCUT2D eigenvalue weighted by Crippen LogP contribution is -2.04. The van der Waals surface area contributed by atoms with Gasteiger partial charge in [0.2, 0.25) is 0 Å². The molecular weight excluding hydrogens is 104 g/mol. The third-order valence-electron chi connectivity index (χ3n) is 1.10. The maximum Gasteiger partial charge on any atom is 0.178 e. The Kier molecular flexibility index (Phi) is 1.46. The highest BCUT2D eigenvalue weighted by atomic mass is 16.5. The van der Waals surface area contributed by atoms with Crippen molar-refractivity contribution in [2.24, 2.45) is 0 Å². The van der Waals surface area contributed by atoms with Crippen molar-refractivity contribution in [3.8, 4) is 0 Å². The zero-order chi connectivity index (χ0) is 5.98. The zero-order valence-electron chi connectivity index (χ0n) is 4.41. The maximum atomic E-state index is 8.49. The van der Waals surface area contributed by atoms with Gasteiger partial charge in [0, 0.05) is 5.57 Å². The maximum absolute atomic E-state index is 8.49. The van der Waals surface area contributed by atoms with E-state index in [9.17, 15) is 0 Å². The minimum absolute atomic E-state index is 0.602. The standard InChI is InChI=1S/C6H8O2/c7-6(8)5-3-1-2-4-5/h1,3-4,6-8H,2H2. The lowest BCUT2D eigenvalue weighted by atomic mass is 10.3. The first-order chi connectivity index (χ1) is 3.80. The molecule has 2 nitrogen and oxygen atoms in total. The highest BCUT2D eigenvalue weighted by molar-refractivity contribution is 5.27. The molecule has 0 amide bonds. The minimum Gasteiger partial charge on any atom is -0.364 e. The molecule has 0 spiro atoms. The Morgan fingerprint density at radius 1 is 1.50 bits per heavy atom. The fourth-order valence-electron chi connectivity index (χ4n) is 0.668. The molecule has 44 valence electrons. The second kappa shape index (κ2) is 2.11. The molecule has 0 saturated heterocycles. The van der Waals surface area contributed by atoms with Gasteiger partial charge in [-0.25, -0.2) is 0 Å². The van der Waals surface area contributed by atoms with Crippen LogP contribution < -0.4 is 0 Å². The number of hydrogen-bond donors (Lipinski definition) is 2. The molecule has 0 aromatic heterocycles. The van der Waals surface area contributed by atoms with Crippen LogP contribution in [-0.2, 0) is 0 Å². The van der Waals surface area contributed by atoms with Gasteiger partial charge in [-0.2, -0.15) is 0 Å². The van der Waals surface area contributed by atoms with Gasteiger partial charge >= 0.3 is 0 Å². The number of aliphatic hydroxyl groups is 2. The summed E-state index contributed by atoms with van der Waals surface area (Å²) >= 11 is 0. The molecule has 1 aliphatic rings. The van der Waals surface area contributed by atoms with Gasteiger partial charge in [0.25, 0.3) is 0 Å². The van der Waals surface area contributed by atoms with Gasteiger partial charge < -0.3 is 10.2 Å². The van der Waals surface area contributed by atoms with E-state index in [4.69, 9.17) is 10.2 Å². The number of hydrogen-bond acceptors (Lipinski definition) is 2. The van der Waals surface area contributed by atoms with Gasteiger partial charge in [0.15, 0.2) is 6.29 Å². The van der Waals surface area contributed by atoms with Crippen LogP contribution in [0.3, 0.4) is 0 Å². The van der Waals surface area contributed by atoms with Gasteiger partial charge in [0.05, 0.1) is 0 Å². The average Bonchev–Trinajstić information content (AvgIpc) is 2.12. The predicted octanol–water partition coefficient (Wildman–Crippen LogP) is 0.183. The fourth-order valence-corrected chi connectivity index (χ4v) is 0.668. The SMILES string of the molecule is OC(O)C1=CCC=C1. The Balaban J connectivity index is 2.58. The van der Waals surface area contributed by atoms with E-state index in [1.807, 2.05) is 6.08 Å². The summed E-state index contributed by atoms with van der Waals surface area (Å²) in [6.07, 6.45) is 4.92. The molecule has 0 radical (unpaired) electrons. The third kappa shape index (κ3) is 0.967. The Morgan fingerprint density at radius 3 is 2.50 bits per heavy atom. The molecule has 0 saturated carbocycles. The highest BCUT2D eigenvalue weighted by Gasteiger charge is 2.03. The lowest BCUT2D eigenvalue weighted by molar-refractivity contribution is -0.00470. The molecule has 8 heavy (non-hydrogen) atoms. The predicted molar refractivity (Wildman–Crippen MR) is 30.1 cm³/mol. The summed E-state index contributed by atoms with van der Waals surface area (Å²) in [6.45, 7) is 0. The molecule has 0 unspecified atom stereocenters. The van der Waals surface area contributed by atoms with E-state index >= 15 is 0 Å². The Labute approximate surface area is 47.8 Å². The summed E-state index contributed by atoms with van der Waals surface area (Å²) in [4.78, 5) is 0. The summed E-state index contributed by atoms with van der Waals surface area (Å²) in [5.41, 5.74) is 0.602. The number of rotatable bonds is 1. The van der Waals surface area contributed by atoms with Crippen molar-refractivity contribution in [3.05, 3.63) is 23.8 Å². The van der Waals surface area contributed by atoms with Crippen molar-refractivity contribution in [2.45, 2.75) is 12.7 Å². The summed E-state index contributed by atoms with van der Waals surface area (Å²) in [7, 11) is 0. The van der Waals surface area contributed by atoms with Crippen LogP contribution in [0.2, 0.25) is 0 Å². The molecule has 0 aliphatic heterocycles. The first kappa shape index (κ1) is 5.54. The molecule has 0 atom stereocenters. The van der Waals surface area contributed by atoms with Crippen molar-refractivity contribution in [1.29, 1.82) is 0 Å². The zero-order valence-corrected chi connectivity index (χ0v) is 4.41. The molecule has 0 heterocycles. The first-order valence-corrected chi connectivity index (χ1v) is 2.53. The van der Waals surface area contributed by atoms with Crippen molar-refractivity contribution in [2.75, 3.05) is 0 Å². The van der Waals surface area contributed by atoms with Gasteiger partial charge in [-0.3, -0.25) is 0 Å². The Morgan fingerprint density at radius 2 is 2.25 bits per heavy atom. The van der Waals surface area contributed by atoms with E-state index in [0.29, 0.717) is 5.57 Å². The van der Waals surface area contributed by atoms with Crippen LogP contribution in [0, 0.1) is 0 Å². The van der Waals surface area contributed by atoms with E-state index in [1.165, 1.54) is 0 Å². The molecule has 1 rings (SSSR count). The molecule has 0 aromatic rings. The van der Waals surface area contributed by atoms with Crippen molar-refractivity contribution >= 4 is 0 Å². The quantitative estimate of drug-likeness (QED) is 0.475. The van der Waals surface area contributed by atoms with E-state index in [1.54, 1.807) is 12.2 Å². The molecule has 0 bridgehead atoms. The highest BCUT2D eigenvalue weighted by Crippen LogP contribution is 2.10. The van der Waals surface area contributed by atoms with Gasteiger partial charge in [-0.1, -0.05) is 18.2 Å². The molecule has 1 aliphatic carbocycles. The largest absolute Gasteiger partial charge is 0.364 e. The monoisotopic (exact) mass is 112 g/mol. The molecule has 0 fully saturated rings. The normalized spacial score (nSPS) is 17.6. The third-order valence-corrected chi connectivity index (χ3v) is 1.10. The van der Waals surface area contributed by atoms with Crippen molar-refractivity contribution in [1.82, 2.24) is 0 Å². The van der Waals surface area contributed by atoms with Crippen LogP contribution in [0.25, 0.3) is 0 Å². The van der Waals surface area contributed by atoms with Crippen LogP contribution in [0.1, 0.15) is 6.42 Å². The summed E-state index contributed by atoms with van der Waals surface area (Å²) < 4.78 is 0. The van der Waals surface area contributed by atoms with Crippen LogP contribution in [0.15, 0.2) is 23.8 Å². The Bertz CT molecular complexity index is 133. The van der Waals surface area contributed by atoms with E-state index < -0.39 is 6.29 Å². The van der Waals surface area contributed by atoms with Crippen LogP contribution >= 0.6 is 0 Å². The summed E-state index contributed by atoms with van der Waals surface area (Å²) in [6, 6.07) is 0. The molecule has 2 heteroatoms. The van der Waals surface area contributed by atoms with Gasteiger partial charge in [-0.05, 0) is 6.42 Å². The van der Waals surface area contributed by atoms with Crippen LogP contribution in [0.4, 0.5) is 0 Å². The Hall–Kier alpha value is -0.600.